The number of nitrogens with one attached hydrogen (secondary N) is 2. The molecule has 0 bridgehead atoms. The summed E-state index contributed by atoms with van der Waals surface area (Å²) in [5.41, 5.74) is 2.12. The molecule has 4 unspecified atom stereocenters. The lowest BCUT2D eigenvalue weighted by atomic mass is 9.92. The van der Waals surface area contributed by atoms with Crippen molar-refractivity contribution in [1.29, 1.82) is 0 Å². The van der Waals surface area contributed by atoms with Crippen LogP contribution in [0.4, 0.5) is 4.79 Å². The van der Waals surface area contributed by atoms with Gasteiger partial charge in [-0.3, -0.25) is 9.59 Å². The van der Waals surface area contributed by atoms with E-state index in [1.165, 1.54) is 0 Å². The zero-order chi connectivity index (χ0) is 29.4. The molecule has 0 aliphatic carbocycles. The van der Waals surface area contributed by atoms with Gasteiger partial charge in [0, 0.05) is 12.1 Å². The Morgan fingerprint density at radius 3 is 1.89 bits per heavy atom. The van der Waals surface area contributed by atoms with Gasteiger partial charge >= 0.3 is 6.09 Å². The lowest BCUT2D eigenvalue weighted by Crippen LogP contribution is -2.57. The van der Waals surface area contributed by atoms with Gasteiger partial charge in [-0.25, -0.2) is 4.79 Å². The van der Waals surface area contributed by atoms with Gasteiger partial charge in [0.05, 0.1) is 0 Å². The Kier molecular flexibility index (Phi) is 12.8. The minimum atomic E-state index is -0.836. The highest BCUT2D eigenvalue weighted by molar-refractivity contribution is 5.92. The quantitative estimate of drug-likeness (QED) is 0.324. The lowest BCUT2D eigenvalue weighted by Gasteiger charge is -2.40. The van der Waals surface area contributed by atoms with Crippen LogP contribution in [0.5, 0.6) is 0 Å². The van der Waals surface area contributed by atoms with Crippen molar-refractivity contribution in [3.05, 3.63) is 34.9 Å². The highest BCUT2D eigenvalue weighted by Crippen LogP contribution is 2.30. The average Bonchev–Trinajstić information content (AvgIpc) is 2.75. The maximum Gasteiger partial charge on any atom is 0.408 e. The highest BCUT2D eigenvalue weighted by atomic mass is 16.6. The van der Waals surface area contributed by atoms with E-state index in [9.17, 15) is 14.4 Å². The van der Waals surface area contributed by atoms with Crippen LogP contribution in [0, 0.1) is 25.7 Å². The van der Waals surface area contributed by atoms with E-state index in [0.717, 1.165) is 29.5 Å². The average molecular weight is 532 g/mol. The molecule has 0 aliphatic rings. The number of alkyl carbamates (subject to hydrolysis) is 1. The fourth-order valence-corrected chi connectivity index (χ4v) is 4.56. The zero-order valence-electron chi connectivity index (χ0n) is 25.9. The van der Waals surface area contributed by atoms with Crippen molar-refractivity contribution in [3.63, 3.8) is 0 Å². The monoisotopic (exact) mass is 531 g/mol. The molecule has 216 valence electrons. The van der Waals surface area contributed by atoms with E-state index in [-0.39, 0.29) is 29.8 Å². The van der Waals surface area contributed by atoms with Crippen LogP contribution < -0.4 is 10.6 Å². The fourth-order valence-electron chi connectivity index (χ4n) is 4.56. The van der Waals surface area contributed by atoms with Gasteiger partial charge in [0.1, 0.15) is 17.7 Å². The summed E-state index contributed by atoms with van der Waals surface area (Å²) < 4.78 is 5.51. The Bertz CT molecular complexity index is 915. The molecular weight excluding hydrogens is 478 g/mol. The Morgan fingerprint density at radius 1 is 0.895 bits per heavy atom. The molecule has 2 N–H and O–H groups in total. The van der Waals surface area contributed by atoms with E-state index >= 15 is 0 Å². The zero-order valence-corrected chi connectivity index (χ0v) is 25.9. The van der Waals surface area contributed by atoms with Gasteiger partial charge in [-0.05, 0) is 85.6 Å². The molecule has 0 spiro atoms. The molecule has 7 heteroatoms. The number of aryl methyl sites for hydroxylation is 2. The van der Waals surface area contributed by atoms with E-state index < -0.39 is 23.8 Å². The molecule has 0 aliphatic heterocycles. The van der Waals surface area contributed by atoms with Crippen molar-refractivity contribution < 1.29 is 19.1 Å². The van der Waals surface area contributed by atoms with Crippen LogP contribution in [0.15, 0.2) is 18.2 Å². The van der Waals surface area contributed by atoms with E-state index in [4.69, 9.17) is 4.74 Å². The van der Waals surface area contributed by atoms with E-state index in [1.54, 1.807) is 25.7 Å². The largest absolute Gasteiger partial charge is 0.444 e. The fraction of sp³-hybridized carbons (Fsp3) is 0.710. The smallest absolute Gasteiger partial charge is 0.408 e. The minimum absolute atomic E-state index is 0.0934. The molecule has 1 aromatic rings. The van der Waals surface area contributed by atoms with Crippen LogP contribution in [0.25, 0.3) is 0 Å². The van der Waals surface area contributed by atoms with E-state index in [1.807, 2.05) is 60.6 Å². The van der Waals surface area contributed by atoms with Crippen molar-refractivity contribution in [2.24, 2.45) is 11.8 Å². The number of hydrogen-bond acceptors (Lipinski definition) is 4. The molecule has 3 amide bonds. The van der Waals surface area contributed by atoms with Crippen LogP contribution in [0.2, 0.25) is 0 Å². The van der Waals surface area contributed by atoms with Crippen molar-refractivity contribution in [2.45, 2.75) is 132 Å². The molecule has 38 heavy (non-hydrogen) atoms. The third-order valence-electron chi connectivity index (χ3n) is 6.56. The molecule has 0 radical (unpaired) electrons. The summed E-state index contributed by atoms with van der Waals surface area (Å²) >= 11 is 0. The first kappa shape index (κ1) is 33.5. The number of amides is 3. The van der Waals surface area contributed by atoms with Crippen LogP contribution in [-0.2, 0) is 14.3 Å². The summed E-state index contributed by atoms with van der Waals surface area (Å²) in [7, 11) is 0. The third kappa shape index (κ3) is 10.7. The third-order valence-corrected chi connectivity index (χ3v) is 6.56. The van der Waals surface area contributed by atoms with E-state index in [0.29, 0.717) is 12.3 Å². The number of ether oxygens (including phenoxy) is 1. The molecule has 4 atom stereocenters. The molecule has 0 heterocycles. The summed E-state index contributed by atoms with van der Waals surface area (Å²) in [4.78, 5) is 42.8. The standard InChI is InChI=1S/C31H53N3O4/c1-13-23(8)26(33-30(37)38-31(10,11)12)29(36)34(24(9)15-14-19(2)3)27(28(35)32-20(4)5)25-17-21(6)16-22(7)18-25/h16-20,23-24,26-27H,13-15H2,1-12H3,(H,32,35)(H,33,37). The van der Waals surface area contributed by atoms with Gasteiger partial charge in [0.2, 0.25) is 11.8 Å². The maximum atomic E-state index is 14.5. The SMILES string of the molecule is CCC(C)C(NC(=O)OC(C)(C)C)C(=O)N(C(C)CCC(C)C)C(C(=O)NC(C)C)c1cc(C)cc(C)c1. The Hall–Kier alpha value is -2.57. The molecule has 0 aromatic heterocycles. The summed E-state index contributed by atoms with van der Waals surface area (Å²) in [6.45, 7) is 23.4. The second kappa shape index (κ2) is 14.5. The number of rotatable bonds is 12. The lowest BCUT2D eigenvalue weighted by molar-refractivity contribution is -0.146. The second-order valence-electron chi connectivity index (χ2n) is 12.6. The number of carbonyl (C=O) groups excluding carboxylic acids is 3. The molecule has 7 nitrogen and oxygen atoms in total. The molecule has 1 rings (SSSR count). The second-order valence-corrected chi connectivity index (χ2v) is 12.6. The number of nitrogens with zero attached hydrogens (tertiary/aromatic N) is 1. The van der Waals surface area contributed by atoms with Crippen molar-refractivity contribution in [1.82, 2.24) is 15.5 Å². The van der Waals surface area contributed by atoms with Gasteiger partial charge in [0.25, 0.3) is 0 Å². The first-order valence-corrected chi connectivity index (χ1v) is 14.2. The number of benzene rings is 1. The summed E-state index contributed by atoms with van der Waals surface area (Å²) in [5, 5.41) is 5.89. The van der Waals surface area contributed by atoms with Crippen LogP contribution in [0.3, 0.4) is 0 Å². The molecule has 0 saturated carbocycles. The van der Waals surface area contributed by atoms with Crippen LogP contribution >= 0.6 is 0 Å². The first-order chi connectivity index (χ1) is 17.5. The van der Waals surface area contributed by atoms with Gasteiger partial charge in [-0.1, -0.05) is 63.4 Å². The minimum Gasteiger partial charge on any atom is -0.444 e. The van der Waals surface area contributed by atoms with Crippen LogP contribution in [0.1, 0.15) is 111 Å². The Balaban J connectivity index is 3.71. The summed E-state index contributed by atoms with van der Waals surface area (Å²) in [6.07, 6.45) is 1.68. The maximum absolute atomic E-state index is 14.5. The summed E-state index contributed by atoms with van der Waals surface area (Å²) in [5.74, 6) is -0.217. The van der Waals surface area contributed by atoms with Gasteiger partial charge in [0.15, 0.2) is 0 Å². The highest BCUT2D eigenvalue weighted by Gasteiger charge is 2.40. The predicted molar refractivity (Wildman–Crippen MR) is 155 cm³/mol. The normalized spacial score (nSPS) is 15.0. The van der Waals surface area contributed by atoms with Gasteiger partial charge in [-0.2, -0.15) is 0 Å². The Morgan fingerprint density at radius 2 is 1.45 bits per heavy atom. The molecule has 1 aromatic carbocycles. The van der Waals surface area contributed by atoms with Crippen LogP contribution in [-0.4, -0.2) is 46.5 Å². The van der Waals surface area contributed by atoms with Crippen molar-refractivity contribution in [2.75, 3.05) is 0 Å². The summed E-state index contributed by atoms with van der Waals surface area (Å²) in [6, 6.07) is 4.01. The molecule has 0 fully saturated rings. The predicted octanol–water partition coefficient (Wildman–Crippen LogP) is 6.46. The number of hydrogen-bond donors (Lipinski definition) is 2. The topological polar surface area (TPSA) is 87.7 Å². The van der Waals surface area contributed by atoms with Gasteiger partial charge in [-0.15, -0.1) is 0 Å². The first-order valence-electron chi connectivity index (χ1n) is 14.2. The van der Waals surface area contributed by atoms with E-state index in [2.05, 4.69) is 30.5 Å². The molecule has 0 saturated heterocycles. The molecular formula is C31H53N3O4. The Labute approximate surface area is 231 Å². The van der Waals surface area contributed by atoms with Crippen molar-refractivity contribution >= 4 is 17.9 Å². The van der Waals surface area contributed by atoms with Gasteiger partial charge < -0.3 is 20.3 Å². The number of carbonyl (C=O) groups is 3. The van der Waals surface area contributed by atoms with Crippen molar-refractivity contribution in [3.8, 4) is 0 Å².